The maximum absolute atomic E-state index is 4.20. The Morgan fingerprint density at radius 2 is 2.24 bits per heavy atom. The highest BCUT2D eigenvalue weighted by Gasteiger charge is 2.03. The van der Waals surface area contributed by atoms with Gasteiger partial charge in [-0.1, -0.05) is 0 Å². The number of nitrogens with one attached hydrogen (secondary N) is 1. The fraction of sp³-hybridized carbons (Fsp3) is 0.600. The Hall–Kier alpha value is -1.76. The van der Waals surface area contributed by atoms with E-state index in [1.165, 1.54) is 0 Å². The van der Waals surface area contributed by atoms with Crippen molar-refractivity contribution in [2.24, 2.45) is 7.05 Å². The quantitative estimate of drug-likeness (QED) is 0.699. The maximum Gasteiger partial charge on any atom is 0.140 e. The summed E-state index contributed by atoms with van der Waals surface area (Å²) in [5.74, 6) is 1.94. The highest BCUT2D eigenvalue weighted by Crippen LogP contribution is 1.94. The lowest BCUT2D eigenvalue weighted by molar-refractivity contribution is 0.567. The van der Waals surface area contributed by atoms with E-state index in [0.717, 1.165) is 37.7 Å². The van der Waals surface area contributed by atoms with Crippen molar-refractivity contribution in [2.75, 3.05) is 6.54 Å². The van der Waals surface area contributed by atoms with Crippen molar-refractivity contribution in [3.8, 4) is 0 Å². The molecule has 0 radical (unpaired) electrons. The highest BCUT2D eigenvalue weighted by atomic mass is 15.3. The van der Waals surface area contributed by atoms with Gasteiger partial charge in [0.15, 0.2) is 0 Å². The van der Waals surface area contributed by atoms with Gasteiger partial charge in [0.25, 0.3) is 0 Å². The fourth-order valence-electron chi connectivity index (χ4n) is 1.62. The third-order valence-corrected chi connectivity index (χ3v) is 2.61. The van der Waals surface area contributed by atoms with Crippen molar-refractivity contribution in [3.63, 3.8) is 0 Å². The van der Waals surface area contributed by atoms with Gasteiger partial charge in [0.1, 0.15) is 24.3 Å². The van der Waals surface area contributed by atoms with E-state index in [-0.39, 0.29) is 0 Å². The lowest BCUT2D eigenvalue weighted by Gasteiger charge is -2.05. The van der Waals surface area contributed by atoms with Gasteiger partial charge in [-0.05, 0) is 6.92 Å². The van der Waals surface area contributed by atoms with Crippen LogP contribution in [-0.2, 0) is 26.6 Å². The number of aryl methyl sites for hydroxylation is 2. The summed E-state index contributed by atoms with van der Waals surface area (Å²) < 4.78 is 3.81. The van der Waals surface area contributed by atoms with Crippen LogP contribution in [0.4, 0.5) is 0 Å². The fourth-order valence-corrected chi connectivity index (χ4v) is 1.62. The van der Waals surface area contributed by atoms with Gasteiger partial charge in [0, 0.05) is 26.6 Å². The Morgan fingerprint density at radius 3 is 2.94 bits per heavy atom. The van der Waals surface area contributed by atoms with Crippen molar-refractivity contribution >= 4 is 0 Å². The van der Waals surface area contributed by atoms with Gasteiger partial charge in [-0.15, -0.1) is 10.2 Å². The zero-order valence-corrected chi connectivity index (χ0v) is 10.2. The van der Waals surface area contributed by atoms with Crippen LogP contribution in [0.5, 0.6) is 0 Å². The first-order valence-electron chi connectivity index (χ1n) is 5.71. The monoisotopic (exact) mass is 235 g/mol. The smallest absolute Gasteiger partial charge is 0.140 e. The van der Waals surface area contributed by atoms with Crippen LogP contribution in [0, 0.1) is 0 Å². The van der Waals surface area contributed by atoms with E-state index < -0.39 is 0 Å². The summed E-state index contributed by atoms with van der Waals surface area (Å²) in [5, 5.41) is 15.3. The average molecular weight is 235 g/mol. The molecule has 0 aliphatic carbocycles. The molecule has 2 heterocycles. The molecule has 17 heavy (non-hydrogen) atoms. The molecule has 0 aliphatic heterocycles. The standard InChI is InChI=1S/C10H17N7/c1-3-17-10(12-7-14-17)6-11-5-4-9-15-13-8-16(9)2/h7-8,11H,3-6H2,1-2H3. The molecule has 0 amide bonds. The number of nitrogens with zero attached hydrogens (tertiary/aromatic N) is 6. The molecule has 1 N–H and O–H groups in total. The van der Waals surface area contributed by atoms with Crippen molar-refractivity contribution in [3.05, 3.63) is 24.3 Å². The first kappa shape index (κ1) is 11.7. The van der Waals surface area contributed by atoms with E-state index in [1.54, 1.807) is 12.7 Å². The summed E-state index contributed by atoms with van der Waals surface area (Å²) in [6, 6.07) is 0. The molecule has 0 unspecified atom stereocenters. The summed E-state index contributed by atoms with van der Waals surface area (Å²) in [7, 11) is 1.95. The minimum Gasteiger partial charge on any atom is -0.321 e. The van der Waals surface area contributed by atoms with E-state index in [0.29, 0.717) is 0 Å². The molecule has 92 valence electrons. The van der Waals surface area contributed by atoms with Crippen LogP contribution in [0.3, 0.4) is 0 Å². The summed E-state index contributed by atoms with van der Waals surface area (Å²) in [4.78, 5) is 4.20. The average Bonchev–Trinajstić information content (AvgIpc) is 2.93. The molecule has 2 aromatic rings. The van der Waals surface area contributed by atoms with E-state index in [4.69, 9.17) is 0 Å². The zero-order chi connectivity index (χ0) is 12.1. The number of hydrogen-bond acceptors (Lipinski definition) is 5. The molecule has 2 rings (SSSR count). The highest BCUT2D eigenvalue weighted by molar-refractivity contribution is 4.87. The molecule has 0 saturated heterocycles. The van der Waals surface area contributed by atoms with Gasteiger partial charge in [0.2, 0.25) is 0 Å². The van der Waals surface area contributed by atoms with Crippen LogP contribution < -0.4 is 5.32 Å². The lowest BCUT2D eigenvalue weighted by atomic mass is 10.4. The first-order valence-corrected chi connectivity index (χ1v) is 5.71. The molecule has 0 aliphatic rings. The van der Waals surface area contributed by atoms with Crippen LogP contribution >= 0.6 is 0 Å². The summed E-state index contributed by atoms with van der Waals surface area (Å²) >= 11 is 0. The molecular formula is C10H17N7. The van der Waals surface area contributed by atoms with Gasteiger partial charge >= 0.3 is 0 Å². The molecule has 2 aromatic heterocycles. The van der Waals surface area contributed by atoms with Crippen LogP contribution in [0.2, 0.25) is 0 Å². The Bertz CT molecular complexity index is 459. The number of aromatic nitrogens is 6. The van der Waals surface area contributed by atoms with E-state index in [1.807, 2.05) is 16.3 Å². The Balaban J connectivity index is 1.75. The largest absolute Gasteiger partial charge is 0.321 e. The van der Waals surface area contributed by atoms with Crippen molar-refractivity contribution in [2.45, 2.75) is 26.4 Å². The Labute approximate surface area is 99.9 Å². The maximum atomic E-state index is 4.20. The molecule has 0 saturated carbocycles. The predicted molar refractivity (Wildman–Crippen MR) is 62.1 cm³/mol. The minimum absolute atomic E-state index is 0.728. The van der Waals surface area contributed by atoms with Gasteiger partial charge in [-0.25, -0.2) is 9.67 Å². The lowest BCUT2D eigenvalue weighted by Crippen LogP contribution is -2.20. The number of rotatable bonds is 6. The summed E-state index contributed by atoms with van der Waals surface area (Å²) in [6.07, 6.45) is 4.16. The van der Waals surface area contributed by atoms with Crippen LogP contribution in [-0.4, -0.2) is 36.1 Å². The molecule has 0 bridgehead atoms. The Kier molecular flexibility index (Phi) is 3.81. The van der Waals surface area contributed by atoms with Crippen molar-refractivity contribution in [1.29, 1.82) is 0 Å². The van der Waals surface area contributed by atoms with Crippen molar-refractivity contribution in [1.82, 2.24) is 34.8 Å². The van der Waals surface area contributed by atoms with Crippen molar-refractivity contribution < 1.29 is 0 Å². The normalized spacial score (nSPS) is 10.9. The van der Waals surface area contributed by atoms with Crippen LogP contribution in [0.1, 0.15) is 18.6 Å². The molecule has 0 spiro atoms. The molecular weight excluding hydrogens is 218 g/mol. The third-order valence-electron chi connectivity index (χ3n) is 2.61. The topological polar surface area (TPSA) is 73.5 Å². The molecule has 0 atom stereocenters. The van der Waals surface area contributed by atoms with E-state index >= 15 is 0 Å². The van der Waals surface area contributed by atoms with E-state index in [2.05, 4.69) is 32.5 Å². The van der Waals surface area contributed by atoms with Crippen LogP contribution in [0.25, 0.3) is 0 Å². The predicted octanol–water partition coefficient (Wildman–Crippen LogP) is -0.241. The molecule has 0 fully saturated rings. The molecule has 0 aromatic carbocycles. The second-order valence-corrected chi connectivity index (χ2v) is 3.78. The van der Waals surface area contributed by atoms with Gasteiger partial charge in [-0.2, -0.15) is 5.10 Å². The number of hydrogen-bond donors (Lipinski definition) is 1. The van der Waals surface area contributed by atoms with Gasteiger partial charge in [-0.3, -0.25) is 0 Å². The SMILES string of the molecule is CCn1ncnc1CNCCc1nncn1C. The molecule has 7 heteroatoms. The van der Waals surface area contributed by atoms with Crippen LogP contribution in [0.15, 0.2) is 12.7 Å². The van der Waals surface area contributed by atoms with Gasteiger partial charge in [0.05, 0.1) is 6.54 Å². The first-order chi connectivity index (χ1) is 8.31. The molecule has 7 nitrogen and oxygen atoms in total. The third kappa shape index (κ3) is 2.88. The second kappa shape index (κ2) is 5.53. The second-order valence-electron chi connectivity index (χ2n) is 3.78. The summed E-state index contributed by atoms with van der Waals surface area (Å²) in [5.41, 5.74) is 0. The zero-order valence-electron chi connectivity index (χ0n) is 10.2. The Morgan fingerprint density at radius 1 is 1.35 bits per heavy atom. The minimum atomic E-state index is 0.728. The summed E-state index contributed by atoms with van der Waals surface area (Å²) in [6.45, 7) is 4.48. The van der Waals surface area contributed by atoms with Gasteiger partial charge < -0.3 is 9.88 Å². The van der Waals surface area contributed by atoms with E-state index in [9.17, 15) is 0 Å².